The van der Waals surface area contributed by atoms with Crippen LogP contribution < -0.4 is 10.6 Å². The van der Waals surface area contributed by atoms with E-state index in [1.807, 2.05) is 18.2 Å². The van der Waals surface area contributed by atoms with Crippen molar-refractivity contribution in [3.8, 4) is 0 Å². The van der Waals surface area contributed by atoms with Gasteiger partial charge in [-0.25, -0.2) is 0 Å². The summed E-state index contributed by atoms with van der Waals surface area (Å²) in [6.45, 7) is 2.19. The minimum Gasteiger partial charge on any atom is -0.346 e. The molecule has 3 aromatic rings. The van der Waals surface area contributed by atoms with Crippen molar-refractivity contribution in [1.29, 1.82) is 0 Å². The van der Waals surface area contributed by atoms with E-state index in [-0.39, 0.29) is 11.7 Å². The summed E-state index contributed by atoms with van der Waals surface area (Å²) in [6, 6.07) is 19.6. The van der Waals surface area contributed by atoms with Crippen LogP contribution in [-0.4, -0.2) is 41.3 Å². The summed E-state index contributed by atoms with van der Waals surface area (Å²) in [5.41, 5.74) is 1.36. The molecule has 2 amide bonds. The van der Waals surface area contributed by atoms with Crippen LogP contribution in [0.5, 0.6) is 0 Å². The highest BCUT2D eigenvalue weighted by atomic mass is 16.6. The van der Waals surface area contributed by atoms with Crippen molar-refractivity contribution < 1.29 is 14.5 Å². The molecule has 0 aliphatic carbocycles. The van der Waals surface area contributed by atoms with E-state index in [0.717, 1.165) is 42.3 Å². The number of amides is 2. The third kappa shape index (κ3) is 4.76. The summed E-state index contributed by atoms with van der Waals surface area (Å²) >= 11 is 0. The van der Waals surface area contributed by atoms with Crippen LogP contribution in [0.4, 0.5) is 11.4 Å². The first-order chi connectivity index (χ1) is 15.5. The van der Waals surface area contributed by atoms with Crippen LogP contribution in [0.25, 0.3) is 10.8 Å². The molecular weight excluding hydrogens is 408 g/mol. The van der Waals surface area contributed by atoms with Gasteiger partial charge in [0.05, 0.1) is 11.0 Å². The Hall–Kier alpha value is -3.78. The van der Waals surface area contributed by atoms with Crippen LogP contribution in [0.3, 0.4) is 0 Å². The molecule has 8 heteroatoms. The second kappa shape index (κ2) is 9.57. The van der Waals surface area contributed by atoms with Gasteiger partial charge in [0.25, 0.3) is 5.69 Å². The molecule has 0 aromatic heterocycles. The lowest BCUT2D eigenvalue weighted by Gasteiger charge is -2.29. The van der Waals surface area contributed by atoms with Crippen LogP contribution in [0.2, 0.25) is 0 Å². The number of anilines is 1. The van der Waals surface area contributed by atoms with Gasteiger partial charge in [0, 0.05) is 24.4 Å². The van der Waals surface area contributed by atoms with Crippen molar-refractivity contribution in [2.45, 2.75) is 18.9 Å². The number of nitro groups is 1. The molecule has 2 N–H and O–H groups in total. The standard InChI is InChI=1S/C24H24N4O4/c29-23(24(30)26-18-10-12-19(13-11-18)28(31)32)25-16-22(27-14-3-4-15-27)21-9-5-7-17-6-1-2-8-20(17)21/h1-2,5-13,22H,3-4,14-16H2,(H,25,29)(H,26,30). The monoisotopic (exact) mass is 432 g/mol. The maximum absolute atomic E-state index is 12.5. The maximum atomic E-state index is 12.5. The fourth-order valence-corrected chi connectivity index (χ4v) is 4.15. The van der Waals surface area contributed by atoms with E-state index in [1.54, 1.807) is 0 Å². The number of hydrogen-bond acceptors (Lipinski definition) is 5. The largest absolute Gasteiger partial charge is 0.346 e. The molecule has 3 aromatic carbocycles. The molecule has 1 atom stereocenters. The molecular formula is C24H24N4O4. The smallest absolute Gasteiger partial charge is 0.313 e. The number of carbonyl (C=O) groups excluding carboxylic acids is 2. The van der Waals surface area contributed by atoms with Gasteiger partial charge < -0.3 is 10.6 Å². The number of rotatable bonds is 6. The Morgan fingerprint density at radius 1 is 0.938 bits per heavy atom. The zero-order valence-corrected chi connectivity index (χ0v) is 17.5. The number of nitrogens with zero attached hydrogens (tertiary/aromatic N) is 2. The van der Waals surface area contributed by atoms with Gasteiger partial charge >= 0.3 is 11.8 Å². The Morgan fingerprint density at radius 2 is 1.62 bits per heavy atom. The molecule has 1 aliphatic rings. The molecule has 8 nitrogen and oxygen atoms in total. The van der Waals surface area contributed by atoms with Crippen molar-refractivity contribution in [3.63, 3.8) is 0 Å². The molecule has 0 spiro atoms. The SMILES string of the molecule is O=C(NCC(c1cccc2ccccc12)N1CCCC1)C(=O)Nc1ccc([N+](=O)[O-])cc1. The quantitative estimate of drug-likeness (QED) is 0.352. The molecule has 1 unspecified atom stereocenters. The van der Waals surface area contributed by atoms with Gasteiger partial charge in [-0.2, -0.15) is 0 Å². The molecule has 4 rings (SSSR count). The third-order valence-corrected chi connectivity index (χ3v) is 5.76. The predicted octanol–water partition coefficient (Wildman–Crippen LogP) is 3.64. The Labute approximate surface area is 185 Å². The lowest BCUT2D eigenvalue weighted by molar-refractivity contribution is -0.384. The summed E-state index contributed by atoms with van der Waals surface area (Å²) < 4.78 is 0. The second-order valence-electron chi connectivity index (χ2n) is 7.80. The summed E-state index contributed by atoms with van der Waals surface area (Å²) in [6.07, 6.45) is 2.21. The maximum Gasteiger partial charge on any atom is 0.313 e. The highest BCUT2D eigenvalue weighted by molar-refractivity contribution is 6.39. The average molecular weight is 432 g/mol. The van der Waals surface area contributed by atoms with E-state index in [9.17, 15) is 19.7 Å². The van der Waals surface area contributed by atoms with Gasteiger partial charge in [-0.3, -0.25) is 24.6 Å². The topological polar surface area (TPSA) is 105 Å². The average Bonchev–Trinajstić information content (AvgIpc) is 3.34. The number of hydrogen-bond donors (Lipinski definition) is 2. The highest BCUT2D eigenvalue weighted by Crippen LogP contribution is 2.30. The molecule has 1 fully saturated rings. The molecule has 0 radical (unpaired) electrons. The van der Waals surface area contributed by atoms with E-state index >= 15 is 0 Å². The van der Waals surface area contributed by atoms with E-state index in [2.05, 4.69) is 39.8 Å². The summed E-state index contributed by atoms with van der Waals surface area (Å²) in [5.74, 6) is -1.55. The fourth-order valence-electron chi connectivity index (χ4n) is 4.15. The van der Waals surface area contributed by atoms with Gasteiger partial charge in [0.15, 0.2) is 0 Å². The van der Waals surface area contributed by atoms with E-state index < -0.39 is 16.7 Å². The number of fused-ring (bicyclic) bond motifs is 1. The first-order valence-electron chi connectivity index (χ1n) is 10.6. The first kappa shape index (κ1) is 21.5. The normalized spacial score (nSPS) is 14.8. The van der Waals surface area contributed by atoms with Gasteiger partial charge in [0.1, 0.15) is 0 Å². The van der Waals surface area contributed by atoms with Crippen LogP contribution >= 0.6 is 0 Å². The van der Waals surface area contributed by atoms with Crippen LogP contribution in [0, 0.1) is 10.1 Å². The van der Waals surface area contributed by atoms with E-state index in [4.69, 9.17) is 0 Å². The van der Waals surface area contributed by atoms with Gasteiger partial charge in [0.2, 0.25) is 0 Å². The Morgan fingerprint density at radius 3 is 2.34 bits per heavy atom. The molecule has 1 aliphatic heterocycles. The van der Waals surface area contributed by atoms with Crippen LogP contribution in [0.1, 0.15) is 24.4 Å². The summed E-state index contributed by atoms with van der Waals surface area (Å²) in [4.78, 5) is 37.4. The number of nitrogens with one attached hydrogen (secondary N) is 2. The predicted molar refractivity (Wildman–Crippen MR) is 122 cm³/mol. The third-order valence-electron chi connectivity index (χ3n) is 5.76. The molecule has 0 bridgehead atoms. The minimum absolute atomic E-state index is 0.0419. The zero-order valence-electron chi connectivity index (χ0n) is 17.5. The molecule has 164 valence electrons. The van der Waals surface area contributed by atoms with Gasteiger partial charge in [-0.05, 0) is 54.4 Å². The second-order valence-corrected chi connectivity index (χ2v) is 7.80. The number of benzene rings is 3. The van der Waals surface area contributed by atoms with Gasteiger partial charge in [-0.15, -0.1) is 0 Å². The van der Waals surface area contributed by atoms with Crippen LogP contribution in [-0.2, 0) is 9.59 Å². The van der Waals surface area contributed by atoms with Crippen molar-refractivity contribution in [2.75, 3.05) is 25.0 Å². The Kier molecular flexibility index (Phi) is 6.42. The lowest BCUT2D eigenvalue weighted by Crippen LogP contribution is -2.41. The summed E-state index contributed by atoms with van der Waals surface area (Å²) in [7, 11) is 0. The van der Waals surface area contributed by atoms with E-state index in [1.165, 1.54) is 24.3 Å². The number of non-ortho nitro benzene ring substituents is 1. The Bertz CT molecular complexity index is 1130. The van der Waals surface area contributed by atoms with Gasteiger partial charge in [-0.1, -0.05) is 42.5 Å². The molecule has 1 heterocycles. The molecule has 0 saturated carbocycles. The number of carbonyl (C=O) groups is 2. The highest BCUT2D eigenvalue weighted by Gasteiger charge is 2.26. The van der Waals surface area contributed by atoms with E-state index in [0.29, 0.717) is 12.2 Å². The molecule has 32 heavy (non-hydrogen) atoms. The number of likely N-dealkylation sites (tertiary alicyclic amines) is 1. The van der Waals surface area contributed by atoms with Crippen molar-refractivity contribution in [3.05, 3.63) is 82.4 Å². The zero-order chi connectivity index (χ0) is 22.5. The Balaban J connectivity index is 1.46. The van der Waals surface area contributed by atoms with Crippen molar-refractivity contribution >= 4 is 34.0 Å². The molecule has 1 saturated heterocycles. The first-order valence-corrected chi connectivity index (χ1v) is 10.6. The van der Waals surface area contributed by atoms with Crippen molar-refractivity contribution in [1.82, 2.24) is 10.2 Å². The summed E-state index contributed by atoms with van der Waals surface area (Å²) in [5, 5.41) is 18.3. The lowest BCUT2D eigenvalue weighted by atomic mass is 9.97. The minimum atomic E-state index is -0.808. The van der Waals surface area contributed by atoms with Crippen LogP contribution in [0.15, 0.2) is 66.7 Å². The number of nitro benzene ring substituents is 1. The van der Waals surface area contributed by atoms with Crippen molar-refractivity contribution in [2.24, 2.45) is 0 Å². The fraction of sp³-hybridized carbons (Fsp3) is 0.250.